The zero-order chi connectivity index (χ0) is 19.3. The van der Waals surface area contributed by atoms with Gasteiger partial charge in [-0.05, 0) is 63.4 Å². The number of nitrogens with zero attached hydrogens (tertiary/aromatic N) is 5. The average Bonchev–Trinajstić information content (AvgIpc) is 3.29. The molecule has 0 radical (unpaired) electrons. The predicted octanol–water partition coefficient (Wildman–Crippen LogP) is 3.35. The molecule has 5 rings (SSSR count). The van der Waals surface area contributed by atoms with Crippen LogP contribution in [0.2, 0.25) is 0 Å². The average molecular weight is 381 g/mol. The molecule has 28 heavy (non-hydrogen) atoms. The normalized spacial score (nSPS) is 20.4. The maximum absolute atomic E-state index is 13.8. The third-order valence-corrected chi connectivity index (χ3v) is 6.65. The first-order valence-electron chi connectivity index (χ1n) is 9.98. The minimum Gasteiger partial charge on any atom is -0.289 e. The molecule has 2 fully saturated rings. The van der Waals surface area contributed by atoms with Crippen molar-refractivity contribution in [2.75, 3.05) is 13.1 Å². The Bertz CT molecular complexity index is 1010. The van der Waals surface area contributed by atoms with Gasteiger partial charge in [0, 0.05) is 36.4 Å². The zero-order valence-corrected chi connectivity index (χ0v) is 16.0. The topological polar surface area (TPSA) is 56.0 Å². The van der Waals surface area contributed by atoms with E-state index in [2.05, 4.69) is 15.0 Å². The van der Waals surface area contributed by atoms with Crippen molar-refractivity contribution >= 4 is 16.8 Å². The fourth-order valence-corrected chi connectivity index (χ4v) is 5.05. The van der Waals surface area contributed by atoms with Gasteiger partial charge in [0.15, 0.2) is 0 Å². The van der Waals surface area contributed by atoms with Crippen molar-refractivity contribution in [2.24, 2.45) is 7.05 Å². The van der Waals surface area contributed by atoms with Gasteiger partial charge >= 0.3 is 0 Å². The number of imidazole rings is 1. The number of hydrogen-bond donors (Lipinski definition) is 0. The van der Waals surface area contributed by atoms with Crippen LogP contribution in [0.25, 0.3) is 10.9 Å². The molecule has 0 atom stereocenters. The predicted molar refractivity (Wildman–Crippen MR) is 104 cm³/mol. The number of carbonyl (C=O) groups excluding carboxylic acids is 1. The van der Waals surface area contributed by atoms with Crippen molar-refractivity contribution in [3.8, 4) is 0 Å². The van der Waals surface area contributed by atoms with Crippen molar-refractivity contribution in [1.29, 1.82) is 0 Å². The standard InChI is InChI=1S/C21H24FN5O/c1-25-19(17-13-16(22)3-4-18(17)24-25)15-5-10-27(11-6-15)21(7-2-8-21)20(28)26-12-9-23-14-26/h3-4,9,12-15H,2,5-8,10-11H2,1H3. The van der Waals surface area contributed by atoms with Gasteiger partial charge in [-0.1, -0.05) is 0 Å². The maximum atomic E-state index is 13.8. The van der Waals surface area contributed by atoms with Crippen LogP contribution >= 0.6 is 0 Å². The molecule has 146 valence electrons. The Labute approximate surface area is 163 Å². The van der Waals surface area contributed by atoms with E-state index in [1.165, 1.54) is 6.07 Å². The molecule has 1 aliphatic carbocycles. The van der Waals surface area contributed by atoms with E-state index in [1.807, 2.05) is 11.7 Å². The highest BCUT2D eigenvalue weighted by molar-refractivity contribution is 5.89. The Hall–Kier alpha value is -2.54. The molecule has 1 saturated carbocycles. The van der Waals surface area contributed by atoms with E-state index in [1.54, 1.807) is 35.4 Å². The molecule has 2 aliphatic rings. The molecule has 0 bridgehead atoms. The molecule has 1 saturated heterocycles. The van der Waals surface area contributed by atoms with Crippen LogP contribution in [-0.2, 0) is 7.05 Å². The molecule has 0 N–H and O–H groups in total. The summed E-state index contributed by atoms with van der Waals surface area (Å²) < 4.78 is 17.3. The lowest BCUT2D eigenvalue weighted by atomic mass is 9.73. The lowest BCUT2D eigenvalue weighted by molar-refractivity contribution is -0.000623. The van der Waals surface area contributed by atoms with E-state index < -0.39 is 0 Å². The highest BCUT2D eigenvalue weighted by Crippen LogP contribution is 2.43. The monoisotopic (exact) mass is 381 g/mol. The summed E-state index contributed by atoms with van der Waals surface area (Å²) >= 11 is 0. The Kier molecular flexibility index (Phi) is 4.08. The molecule has 2 aromatic heterocycles. The van der Waals surface area contributed by atoms with Crippen LogP contribution in [0.4, 0.5) is 4.39 Å². The number of aryl methyl sites for hydroxylation is 1. The summed E-state index contributed by atoms with van der Waals surface area (Å²) in [6.45, 7) is 1.74. The molecule has 6 nitrogen and oxygen atoms in total. The van der Waals surface area contributed by atoms with Crippen LogP contribution in [0.5, 0.6) is 0 Å². The molecule has 3 aromatic rings. The fourth-order valence-electron chi connectivity index (χ4n) is 5.05. The quantitative estimate of drug-likeness (QED) is 0.698. The Morgan fingerprint density at radius 3 is 2.68 bits per heavy atom. The summed E-state index contributed by atoms with van der Waals surface area (Å²) in [4.78, 5) is 19.5. The van der Waals surface area contributed by atoms with E-state index in [-0.39, 0.29) is 17.3 Å². The first-order valence-corrected chi connectivity index (χ1v) is 9.98. The number of piperidine rings is 1. The third-order valence-electron chi connectivity index (χ3n) is 6.65. The number of benzene rings is 1. The first kappa shape index (κ1) is 17.6. The molecule has 1 aliphatic heterocycles. The van der Waals surface area contributed by atoms with Crippen molar-refractivity contribution in [1.82, 2.24) is 24.2 Å². The van der Waals surface area contributed by atoms with Crippen LogP contribution in [0.1, 0.15) is 48.5 Å². The Balaban J connectivity index is 1.38. The van der Waals surface area contributed by atoms with Gasteiger partial charge in [0.25, 0.3) is 5.91 Å². The lowest BCUT2D eigenvalue weighted by Crippen LogP contribution is -2.62. The third kappa shape index (κ3) is 2.60. The highest BCUT2D eigenvalue weighted by atomic mass is 19.1. The van der Waals surface area contributed by atoms with Gasteiger partial charge in [0.2, 0.25) is 0 Å². The largest absolute Gasteiger partial charge is 0.289 e. The molecule has 0 amide bonds. The SMILES string of the molecule is Cn1nc2ccc(F)cc2c1C1CCN(C2(C(=O)n3ccnc3)CCC2)CC1. The summed E-state index contributed by atoms with van der Waals surface area (Å²) in [7, 11) is 1.94. The summed E-state index contributed by atoms with van der Waals surface area (Å²) in [5.41, 5.74) is 1.57. The van der Waals surface area contributed by atoms with E-state index in [4.69, 9.17) is 0 Å². The number of fused-ring (bicyclic) bond motifs is 1. The van der Waals surface area contributed by atoms with Gasteiger partial charge in [-0.3, -0.25) is 18.9 Å². The van der Waals surface area contributed by atoms with Crippen molar-refractivity contribution in [3.63, 3.8) is 0 Å². The summed E-state index contributed by atoms with van der Waals surface area (Å²) in [5, 5.41) is 5.47. The summed E-state index contributed by atoms with van der Waals surface area (Å²) in [6.07, 6.45) is 9.81. The van der Waals surface area contributed by atoms with Crippen LogP contribution < -0.4 is 0 Å². The number of rotatable bonds is 3. The molecular formula is C21H24FN5O. The number of likely N-dealkylation sites (tertiary alicyclic amines) is 1. The van der Waals surface area contributed by atoms with E-state index in [0.29, 0.717) is 5.92 Å². The van der Waals surface area contributed by atoms with Crippen LogP contribution in [0, 0.1) is 5.82 Å². The molecular weight excluding hydrogens is 357 g/mol. The van der Waals surface area contributed by atoms with Gasteiger partial charge in [-0.15, -0.1) is 0 Å². The minimum absolute atomic E-state index is 0.141. The Morgan fingerprint density at radius 1 is 1.25 bits per heavy atom. The van der Waals surface area contributed by atoms with Gasteiger partial charge in [-0.25, -0.2) is 9.37 Å². The van der Waals surface area contributed by atoms with Gasteiger partial charge in [0.1, 0.15) is 17.7 Å². The van der Waals surface area contributed by atoms with Crippen molar-refractivity contribution in [2.45, 2.75) is 43.6 Å². The number of hydrogen-bond acceptors (Lipinski definition) is 4. The lowest BCUT2D eigenvalue weighted by Gasteiger charge is -2.51. The second-order valence-corrected chi connectivity index (χ2v) is 8.09. The second-order valence-electron chi connectivity index (χ2n) is 8.09. The van der Waals surface area contributed by atoms with Gasteiger partial charge < -0.3 is 0 Å². The minimum atomic E-state index is -0.383. The molecule has 3 heterocycles. The number of halogens is 1. The van der Waals surface area contributed by atoms with E-state index >= 15 is 0 Å². The second kappa shape index (κ2) is 6.51. The zero-order valence-electron chi connectivity index (χ0n) is 16.0. The highest BCUT2D eigenvalue weighted by Gasteiger charge is 2.50. The van der Waals surface area contributed by atoms with Crippen LogP contribution in [-0.4, -0.2) is 48.8 Å². The molecule has 1 aromatic carbocycles. The molecule has 0 spiro atoms. The first-order chi connectivity index (χ1) is 13.6. The molecule has 0 unspecified atom stereocenters. The smallest absolute Gasteiger partial charge is 0.252 e. The summed E-state index contributed by atoms with van der Waals surface area (Å²) in [5.74, 6) is 0.245. The van der Waals surface area contributed by atoms with Gasteiger partial charge in [-0.2, -0.15) is 5.10 Å². The Morgan fingerprint density at radius 2 is 2.04 bits per heavy atom. The van der Waals surface area contributed by atoms with E-state index in [0.717, 1.165) is 61.8 Å². The van der Waals surface area contributed by atoms with Crippen LogP contribution in [0.15, 0.2) is 36.9 Å². The number of aromatic nitrogens is 4. The van der Waals surface area contributed by atoms with Crippen molar-refractivity contribution in [3.05, 3.63) is 48.4 Å². The van der Waals surface area contributed by atoms with Crippen molar-refractivity contribution < 1.29 is 9.18 Å². The van der Waals surface area contributed by atoms with E-state index in [9.17, 15) is 9.18 Å². The maximum Gasteiger partial charge on any atom is 0.252 e. The van der Waals surface area contributed by atoms with Crippen LogP contribution in [0.3, 0.4) is 0 Å². The number of carbonyl (C=O) groups is 1. The van der Waals surface area contributed by atoms with Gasteiger partial charge in [0.05, 0.1) is 5.52 Å². The summed E-state index contributed by atoms with van der Waals surface area (Å²) in [6, 6.07) is 4.81. The fraction of sp³-hybridized carbons (Fsp3) is 0.476. The molecule has 7 heteroatoms.